The molecule has 0 N–H and O–H groups in total. The fraction of sp³-hybridized carbons (Fsp3) is 0.0526. The second-order valence-corrected chi connectivity index (χ2v) is 8.19. The van der Waals surface area contributed by atoms with E-state index in [0.29, 0.717) is 5.89 Å². The van der Waals surface area contributed by atoms with E-state index in [9.17, 15) is 10.1 Å². The molecule has 5 rings (SSSR count). The van der Waals surface area contributed by atoms with E-state index >= 15 is 0 Å². The van der Waals surface area contributed by atoms with Gasteiger partial charge in [-0.25, -0.2) is 9.97 Å². The molecular formula is C19H11N3O3S2. The summed E-state index contributed by atoms with van der Waals surface area (Å²) in [4.78, 5) is 21.7. The summed E-state index contributed by atoms with van der Waals surface area (Å²) in [6.45, 7) is 1.96. The maximum absolute atomic E-state index is 10.9. The molecule has 8 heteroatoms. The Labute approximate surface area is 160 Å². The SMILES string of the molecule is Cc1nc2c(-c3nc4ccccc4o3)sc(-c3ccc([N+](=O)[O-])cc3)c2s1. The first-order valence-electron chi connectivity index (χ1n) is 8.11. The van der Waals surface area contributed by atoms with Crippen molar-refractivity contribution in [3.63, 3.8) is 0 Å². The highest BCUT2D eigenvalue weighted by molar-refractivity contribution is 7.28. The van der Waals surface area contributed by atoms with Gasteiger partial charge in [-0.05, 0) is 36.8 Å². The van der Waals surface area contributed by atoms with Gasteiger partial charge < -0.3 is 4.42 Å². The largest absolute Gasteiger partial charge is 0.435 e. The number of hydrogen-bond acceptors (Lipinski definition) is 7. The first-order chi connectivity index (χ1) is 13.1. The Bertz CT molecular complexity index is 1280. The molecule has 132 valence electrons. The number of aryl methyl sites for hydroxylation is 1. The van der Waals surface area contributed by atoms with Crippen LogP contribution in [-0.2, 0) is 0 Å². The number of nitro groups is 1. The summed E-state index contributed by atoms with van der Waals surface area (Å²) in [5, 5.41) is 11.9. The third-order valence-corrected chi connectivity index (χ3v) is 6.52. The van der Waals surface area contributed by atoms with Crippen LogP contribution in [0.25, 0.3) is 42.5 Å². The number of fused-ring (bicyclic) bond motifs is 2. The molecule has 3 heterocycles. The fourth-order valence-electron chi connectivity index (χ4n) is 2.97. The smallest absolute Gasteiger partial charge is 0.269 e. The van der Waals surface area contributed by atoms with Crippen molar-refractivity contribution >= 4 is 49.7 Å². The van der Waals surface area contributed by atoms with Crippen LogP contribution in [0, 0.1) is 17.0 Å². The Morgan fingerprint density at radius 2 is 1.78 bits per heavy atom. The van der Waals surface area contributed by atoms with Gasteiger partial charge in [0.05, 0.1) is 19.5 Å². The molecule has 0 unspecified atom stereocenters. The van der Waals surface area contributed by atoms with Crippen LogP contribution in [0.1, 0.15) is 5.01 Å². The Morgan fingerprint density at radius 3 is 2.52 bits per heavy atom. The van der Waals surface area contributed by atoms with Gasteiger partial charge in [0, 0.05) is 12.1 Å². The van der Waals surface area contributed by atoms with E-state index in [1.807, 2.05) is 31.2 Å². The van der Waals surface area contributed by atoms with Crippen molar-refractivity contribution < 1.29 is 9.34 Å². The van der Waals surface area contributed by atoms with Gasteiger partial charge in [-0.15, -0.1) is 22.7 Å². The van der Waals surface area contributed by atoms with Gasteiger partial charge in [0.15, 0.2) is 5.58 Å². The van der Waals surface area contributed by atoms with Crippen LogP contribution in [0.4, 0.5) is 5.69 Å². The quantitative estimate of drug-likeness (QED) is 0.275. The van der Waals surface area contributed by atoms with Crippen LogP contribution in [-0.4, -0.2) is 14.9 Å². The van der Waals surface area contributed by atoms with E-state index in [0.717, 1.165) is 41.6 Å². The lowest BCUT2D eigenvalue weighted by Gasteiger charge is -1.97. The molecule has 5 aromatic rings. The molecule has 0 saturated carbocycles. The van der Waals surface area contributed by atoms with Gasteiger partial charge >= 0.3 is 0 Å². The Hall–Kier alpha value is -3.10. The van der Waals surface area contributed by atoms with Crippen LogP contribution < -0.4 is 0 Å². The maximum atomic E-state index is 10.9. The van der Waals surface area contributed by atoms with Crippen molar-refractivity contribution in [1.29, 1.82) is 0 Å². The number of benzene rings is 2. The molecule has 0 aliphatic rings. The minimum Gasteiger partial charge on any atom is -0.435 e. The first kappa shape index (κ1) is 16.1. The predicted molar refractivity (Wildman–Crippen MR) is 107 cm³/mol. The first-order valence-corrected chi connectivity index (χ1v) is 9.74. The highest BCUT2D eigenvalue weighted by Crippen LogP contribution is 2.46. The Kier molecular flexibility index (Phi) is 3.56. The molecule has 0 fully saturated rings. The molecule has 2 aromatic carbocycles. The number of para-hydroxylation sites is 2. The van der Waals surface area contributed by atoms with E-state index in [4.69, 9.17) is 4.42 Å². The predicted octanol–water partition coefficient (Wildman–Crippen LogP) is 6.05. The standard InChI is InChI=1S/C19H11N3O3S2/c1-10-20-15-17(26-10)16(11-6-8-12(9-7-11)22(23)24)27-18(15)19-21-13-4-2-3-5-14(13)25-19/h2-9H,1H3. The zero-order chi connectivity index (χ0) is 18.5. The summed E-state index contributed by atoms with van der Waals surface area (Å²) in [7, 11) is 0. The fourth-order valence-corrected chi connectivity index (χ4v) is 5.24. The number of thiophene rings is 1. The molecule has 0 radical (unpaired) electrons. The van der Waals surface area contributed by atoms with Crippen molar-refractivity contribution in [2.45, 2.75) is 6.92 Å². The Morgan fingerprint density at radius 1 is 1.00 bits per heavy atom. The number of aromatic nitrogens is 2. The summed E-state index contributed by atoms with van der Waals surface area (Å²) in [5.41, 5.74) is 3.39. The number of oxazole rings is 1. The molecule has 0 spiro atoms. The zero-order valence-electron chi connectivity index (χ0n) is 14.0. The molecular weight excluding hydrogens is 382 g/mol. The monoisotopic (exact) mass is 393 g/mol. The molecule has 0 aliphatic heterocycles. The number of nitro benzene ring substituents is 1. The molecule has 27 heavy (non-hydrogen) atoms. The average molecular weight is 393 g/mol. The second-order valence-electron chi connectivity index (χ2n) is 5.96. The number of thiazole rings is 1. The molecule has 0 atom stereocenters. The lowest BCUT2D eigenvalue weighted by atomic mass is 10.1. The number of hydrogen-bond donors (Lipinski definition) is 0. The highest BCUT2D eigenvalue weighted by Gasteiger charge is 2.22. The normalized spacial score (nSPS) is 11.4. The zero-order valence-corrected chi connectivity index (χ0v) is 15.6. The number of rotatable bonds is 3. The van der Waals surface area contributed by atoms with Crippen LogP contribution >= 0.6 is 22.7 Å². The van der Waals surface area contributed by atoms with Gasteiger partial charge in [0.2, 0.25) is 5.89 Å². The minimum atomic E-state index is -0.394. The molecule has 3 aromatic heterocycles. The van der Waals surface area contributed by atoms with E-state index in [1.54, 1.807) is 34.8 Å². The minimum absolute atomic E-state index is 0.0752. The van der Waals surface area contributed by atoms with Gasteiger partial charge in [0.25, 0.3) is 5.69 Å². The molecule has 0 amide bonds. The third-order valence-electron chi connectivity index (χ3n) is 4.19. The van der Waals surface area contributed by atoms with Crippen LogP contribution in [0.3, 0.4) is 0 Å². The van der Waals surface area contributed by atoms with Crippen molar-refractivity contribution in [2.75, 3.05) is 0 Å². The summed E-state index contributed by atoms with van der Waals surface area (Å²) in [5.74, 6) is 0.546. The number of nitrogens with zero attached hydrogens (tertiary/aromatic N) is 3. The Balaban J connectivity index is 1.71. The highest BCUT2D eigenvalue weighted by atomic mass is 32.1. The maximum Gasteiger partial charge on any atom is 0.269 e. The van der Waals surface area contributed by atoms with Crippen LogP contribution in [0.5, 0.6) is 0 Å². The summed E-state index contributed by atoms with van der Waals surface area (Å²) in [6, 6.07) is 14.2. The van der Waals surface area contributed by atoms with Crippen LogP contribution in [0.2, 0.25) is 0 Å². The summed E-state index contributed by atoms with van der Waals surface area (Å²) < 4.78 is 6.99. The summed E-state index contributed by atoms with van der Waals surface area (Å²) in [6.07, 6.45) is 0. The molecule has 0 aliphatic carbocycles. The van der Waals surface area contributed by atoms with Crippen LogP contribution in [0.15, 0.2) is 52.9 Å². The van der Waals surface area contributed by atoms with Crippen molar-refractivity contribution in [3.8, 4) is 21.2 Å². The average Bonchev–Trinajstić information content (AvgIpc) is 3.34. The van der Waals surface area contributed by atoms with Gasteiger partial charge in [-0.3, -0.25) is 10.1 Å². The van der Waals surface area contributed by atoms with Crippen molar-refractivity contribution in [3.05, 3.63) is 63.7 Å². The summed E-state index contributed by atoms with van der Waals surface area (Å²) >= 11 is 3.15. The molecule has 0 saturated heterocycles. The number of non-ortho nitro benzene ring substituents is 1. The van der Waals surface area contributed by atoms with Gasteiger partial charge in [-0.1, -0.05) is 12.1 Å². The topological polar surface area (TPSA) is 82.1 Å². The van der Waals surface area contributed by atoms with E-state index in [-0.39, 0.29) is 5.69 Å². The van der Waals surface area contributed by atoms with Crippen molar-refractivity contribution in [2.24, 2.45) is 0 Å². The van der Waals surface area contributed by atoms with Crippen molar-refractivity contribution in [1.82, 2.24) is 9.97 Å². The molecule has 0 bridgehead atoms. The van der Waals surface area contributed by atoms with Gasteiger partial charge in [0.1, 0.15) is 15.9 Å². The van der Waals surface area contributed by atoms with E-state index in [2.05, 4.69) is 9.97 Å². The van der Waals surface area contributed by atoms with E-state index in [1.165, 1.54) is 12.1 Å². The lowest BCUT2D eigenvalue weighted by molar-refractivity contribution is -0.384. The molecule has 6 nitrogen and oxygen atoms in total. The third kappa shape index (κ3) is 2.61. The van der Waals surface area contributed by atoms with Gasteiger partial charge in [-0.2, -0.15) is 0 Å². The van der Waals surface area contributed by atoms with E-state index < -0.39 is 4.92 Å². The second kappa shape index (κ2) is 5.97. The lowest BCUT2D eigenvalue weighted by Crippen LogP contribution is -1.86.